The van der Waals surface area contributed by atoms with Crippen molar-refractivity contribution in [3.8, 4) is 0 Å². The van der Waals surface area contributed by atoms with Gasteiger partial charge in [0, 0.05) is 0 Å². The second kappa shape index (κ2) is 8.48. The number of carbonyl (C=O) groups is 1. The van der Waals surface area contributed by atoms with E-state index in [9.17, 15) is 4.79 Å². The van der Waals surface area contributed by atoms with Gasteiger partial charge >= 0.3 is 7.82 Å². The van der Waals surface area contributed by atoms with Gasteiger partial charge in [-0.25, -0.2) is 4.57 Å². The van der Waals surface area contributed by atoms with Gasteiger partial charge in [0.25, 0.3) is 0 Å². The molecule has 0 aliphatic rings. The summed E-state index contributed by atoms with van der Waals surface area (Å²) >= 11 is 0. The zero-order chi connectivity index (χ0) is 15.1. The van der Waals surface area contributed by atoms with Gasteiger partial charge in [-0.1, -0.05) is 0 Å². The summed E-state index contributed by atoms with van der Waals surface area (Å²) in [6.45, 7) is -0.802. The fourth-order valence-corrected chi connectivity index (χ4v) is 0.691. The van der Waals surface area contributed by atoms with Crippen molar-refractivity contribution in [3.63, 3.8) is 0 Å². The SMILES string of the molecule is NC(=O)C(O)C(O)C(O)C(O)CO.O=P(O)(O)O. The van der Waals surface area contributed by atoms with E-state index >= 15 is 0 Å². The first-order valence-electron chi connectivity index (χ1n) is 4.32. The number of carbonyl (C=O) groups excluding carboxylic acids is 1. The molecule has 0 bridgehead atoms. The minimum atomic E-state index is -4.64. The Kier molecular flexibility index (Phi) is 9.28. The number of amides is 1. The molecule has 0 heterocycles. The first-order chi connectivity index (χ1) is 7.91. The number of nitrogens with two attached hydrogens (primary N) is 1. The minimum absolute atomic E-state index is 0.802. The molecule has 0 fully saturated rings. The van der Waals surface area contributed by atoms with Gasteiger partial charge < -0.3 is 45.9 Å². The Morgan fingerprint density at radius 2 is 1.39 bits per heavy atom. The summed E-state index contributed by atoms with van der Waals surface area (Å²) in [5.74, 6) is -1.23. The normalized spacial score (nSPS) is 18.0. The third kappa shape index (κ3) is 10.5. The van der Waals surface area contributed by atoms with Crippen LogP contribution in [0.1, 0.15) is 0 Å². The fourth-order valence-electron chi connectivity index (χ4n) is 0.691. The summed E-state index contributed by atoms with van der Waals surface area (Å²) in [6.07, 6.45) is -7.35. The van der Waals surface area contributed by atoms with Crippen LogP contribution in [0.15, 0.2) is 0 Å². The maximum absolute atomic E-state index is 10.3. The second-order valence-corrected chi connectivity index (χ2v) is 4.12. The van der Waals surface area contributed by atoms with E-state index in [-0.39, 0.29) is 0 Å². The smallest absolute Gasteiger partial charge is 0.394 e. The summed E-state index contributed by atoms with van der Waals surface area (Å²) in [6, 6.07) is 0. The molecule has 0 saturated carbocycles. The van der Waals surface area contributed by atoms with Crippen LogP contribution in [0, 0.1) is 0 Å². The van der Waals surface area contributed by atoms with E-state index in [1.807, 2.05) is 0 Å². The standard InChI is InChI=1S/C6H13NO6.H3O4P/c7-6(13)5(12)4(11)3(10)2(9)1-8;1-5(2,3)4/h2-5,8-12H,1H2,(H2,7,13);(H3,1,2,3,4). The minimum Gasteiger partial charge on any atom is -0.394 e. The molecule has 0 aromatic rings. The zero-order valence-electron chi connectivity index (χ0n) is 8.94. The van der Waals surface area contributed by atoms with Crippen molar-refractivity contribution in [2.24, 2.45) is 5.73 Å². The predicted molar refractivity (Wildman–Crippen MR) is 54.6 cm³/mol. The lowest BCUT2D eigenvalue weighted by atomic mass is 10.0. The van der Waals surface area contributed by atoms with Crippen molar-refractivity contribution in [3.05, 3.63) is 0 Å². The van der Waals surface area contributed by atoms with E-state index in [0.717, 1.165) is 0 Å². The van der Waals surface area contributed by atoms with E-state index in [1.165, 1.54) is 0 Å². The van der Waals surface area contributed by atoms with E-state index in [0.29, 0.717) is 0 Å². The molecule has 0 saturated heterocycles. The highest BCUT2D eigenvalue weighted by Crippen LogP contribution is 2.25. The Labute approximate surface area is 101 Å². The fraction of sp³-hybridized carbons (Fsp3) is 0.833. The summed E-state index contributed by atoms with van der Waals surface area (Å²) in [5.41, 5.74) is 4.61. The molecule has 0 aromatic heterocycles. The Morgan fingerprint density at radius 1 is 1.06 bits per heavy atom. The van der Waals surface area contributed by atoms with Gasteiger partial charge in [0.2, 0.25) is 5.91 Å². The van der Waals surface area contributed by atoms with E-state index in [4.69, 9.17) is 44.8 Å². The van der Waals surface area contributed by atoms with Crippen LogP contribution in [-0.4, -0.2) is 77.1 Å². The summed E-state index contributed by atoms with van der Waals surface area (Å²) < 4.78 is 8.88. The lowest BCUT2D eigenvalue weighted by Crippen LogP contribution is -2.50. The first-order valence-corrected chi connectivity index (χ1v) is 5.89. The van der Waals surface area contributed by atoms with Crippen LogP contribution >= 0.6 is 7.82 Å². The molecule has 0 aromatic carbocycles. The van der Waals surface area contributed by atoms with Gasteiger partial charge in [0.15, 0.2) is 6.10 Å². The van der Waals surface area contributed by atoms with Crippen LogP contribution in [-0.2, 0) is 9.36 Å². The molecule has 11 nitrogen and oxygen atoms in total. The monoisotopic (exact) mass is 293 g/mol. The van der Waals surface area contributed by atoms with Crippen molar-refractivity contribution in [1.82, 2.24) is 0 Å². The van der Waals surface area contributed by atoms with Crippen LogP contribution in [0.4, 0.5) is 0 Å². The van der Waals surface area contributed by atoms with Crippen LogP contribution in [0.25, 0.3) is 0 Å². The van der Waals surface area contributed by atoms with Gasteiger partial charge in [-0.3, -0.25) is 4.79 Å². The molecule has 0 radical (unpaired) electrons. The van der Waals surface area contributed by atoms with Crippen LogP contribution in [0.5, 0.6) is 0 Å². The molecule has 4 unspecified atom stereocenters. The maximum Gasteiger partial charge on any atom is 0.466 e. The highest BCUT2D eigenvalue weighted by Gasteiger charge is 2.32. The largest absolute Gasteiger partial charge is 0.466 e. The second-order valence-electron chi connectivity index (χ2n) is 3.09. The van der Waals surface area contributed by atoms with Gasteiger partial charge in [0.1, 0.15) is 18.3 Å². The Balaban J connectivity index is 0. The van der Waals surface area contributed by atoms with Crippen LogP contribution in [0.3, 0.4) is 0 Å². The molecule has 18 heavy (non-hydrogen) atoms. The maximum atomic E-state index is 10.3. The van der Waals surface area contributed by atoms with Crippen molar-refractivity contribution in [2.45, 2.75) is 24.4 Å². The quantitative estimate of drug-likeness (QED) is 0.219. The summed E-state index contributed by atoms with van der Waals surface area (Å²) in [4.78, 5) is 31.9. The topological polar surface area (TPSA) is 222 Å². The number of hydrogen-bond donors (Lipinski definition) is 9. The van der Waals surface area contributed by atoms with Crippen molar-refractivity contribution < 1.29 is 49.6 Å². The predicted octanol–water partition coefficient (Wildman–Crippen LogP) is -5.02. The Bertz CT molecular complexity index is 284. The van der Waals surface area contributed by atoms with Gasteiger partial charge in [0.05, 0.1) is 6.61 Å². The molecule has 12 heteroatoms. The van der Waals surface area contributed by atoms with Crippen molar-refractivity contribution in [2.75, 3.05) is 6.61 Å². The number of primary amides is 1. The number of rotatable bonds is 5. The molecule has 0 spiro atoms. The first kappa shape index (κ1) is 19.7. The number of hydrogen-bond acceptors (Lipinski definition) is 7. The van der Waals surface area contributed by atoms with E-state index in [2.05, 4.69) is 5.73 Å². The van der Waals surface area contributed by atoms with Crippen LogP contribution in [0.2, 0.25) is 0 Å². The lowest BCUT2D eigenvalue weighted by molar-refractivity contribution is -0.146. The third-order valence-corrected chi connectivity index (χ3v) is 1.55. The Morgan fingerprint density at radius 3 is 1.61 bits per heavy atom. The molecule has 0 aliphatic heterocycles. The zero-order valence-corrected chi connectivity index (χ0v) is 9.83. The highest BCUT2D eigenvalue weighted by molar-refractivity contribution is 7.45. The molecule has 10 N–H and O–H groups in total. The van der Waals surface area contributed by atoms with Crippen molar-refractivity contribution in [1.29, 1.82) is 0 Å². The highest BCUT2D eigenvalue weighted by atomic mass is 31.2. The summed E-state index contributed by atoms with van der Waals surface area (Å²) in [5, 5.41) is 44.0. The molecule has 0 rings (SSSR count). The number of aliphatic hydroxyl groups is 5. The third-order valence-electron chi connectivity index (χ3n) is 1.55. The lowest BCUT2D eigenvalue weighted by Gasteiger charge is -2.23. The van der Waals surface area contributed by atoms with Gasteiger partial charge in [-0.15, -0.1) is 0 Å². The Hall–Kier alpha value is -0.620. The average molecular weight is 293 g/mol. The molecular weight excluding hydrogens is 277 g/mol. The molecule has 110 valence electrons. The summed E-state index contributed by atoms with van der Waals surface area (Å²) in [7, 11) is -4.64. The molecular formula is C6H16NO10P. The van der Waals surface area contributed by atoms with Crippen molar-refractivity contribution >= 4 is 13.7 Å². The average Bonchev–Trinajstić information content (AvgIpc) is 2.22. The van der Waals surface area contributed by atoms with Gasteiger partial charge in [-0.2, -0.15) is 0 Å². The number of aliphatic hydroxyl groups excluding tert-OH is 5. The van der Waals surface area contributed by atoms with Crippen LogP contribution < -0.4 is 5.73 Å². The van der Waals surface area contributed by atoms with E-state index in [1.54, 1.807) is 0 Å². The van der Waals surface area contributed by atoms with E-state index < -0.39 is 44.8 Å². The molecule has 1 amide bonds. The number of phosphoric acid groups is 1. The molecule has 0 aliphatic carbocycles. The van der Waals surface area contributed by atoms with Gasteiger partial charge in [-0.05, 0) is 0 Å². The molecule has 4 atom stereocenters.